The third-order valence-corrected chi connectivity index (χ3v) is 3.09. The van der Waals surface area contributed by atoms with Crippen LogP contribution in [0.3, 0.4) is 0 Å². The molecule has 0 saturated carbocycles. The number of primary amides is 1. The van der Waals surface area contributed by atoms with Gasteiger partial charge in [-0.15, -0.1) is 0 Å². The average Bonchev–Trinajstić information content (AvgIpc) is 2.32. The second-order valence-electron chi connectivity index (χ2n) is 3.85. The monoisotopic (exact) mass is 324 g/mol. The van der Waals surface area contributed by atoms with Gasteiger partial charge in [-0.1, -0.05) is 0 Å². The lowest BCUT2D eigenvalue weighted by Gasteiger charge is -2.11. The van der Waals surface area contributed by atoms with Crippen molar-refractivity contribution in [2.45, 2.75) is 6.92 Å². The molecule has 1 aromatic carbocycles. The molecule has 0 radical (unpaired) electrons. The molecule has 1 aromatic heterocycles. The maximum absolute atomic E-state index is 13.0. The van der Waals surface area contributed by atoms with E-state index in [1.807, 2.05) is 0 Å². The van der Waals surface area contributed by atoms with E-state index >= 15 is 0 Å². The third-order valence-electron chi connectivity index (χ3n) is 2.47. The zero-order valence-corrected chi connectivity index (χ0v) is 11.6. The van der Waals surface area contributed by atoms with E-state index < -0.39 is 11.7 Å². The lowest BCUT2D eigenvalue weighted by molar-refractivity contribution is 0.0997. The van der Waals surface area contributed by atoms with Crippen LogP contribution < -0.4 is 10.5 Å². The van der Waals surface area contributed by atoms with Gasteiger partial charge in [-0.3, -0.25) is 4.79 Å². The Morgan fingerprint density at radius 3 is 2.79 bits per heavy atom. The summed E-state index contributed by atoms with van der Waals surface area (Å²) in [7, 11) is 0. The minimum Gasteiger partial charge on any atom is -0.437 e. The number of aromatic nitrogens is 1. The second kappa shape index (κ2) is 5.36. The van der Waals surface area contributed by atoms with Crippen molar-refractivity contribution >= 4 is 21.8 Å². The Hall–Kier alpha value is -1.95. The average molecular weight is 325 g/mol. The van der Waals surface area contributed by atoms with Crippen molar-refractivity contribution in [1.29, 1.82) is 0 Å². The first-order valence-corrected chi connectivity index (χ1v) is 6.16. The van der Waals surface area contributed by atoms with Crippen molar-refractivity contribution in [1.82, 2.24) is 4.98 Å². The van der Waals surface area contributed by atoms with Crippen LogP contribution in [0.1, 0.15) is 15.9 Å². The number of hydrogen-bond donors (Lipinski definition) is 1. The Kier molecular flexibility index (Phi) is 3.80. The molecule has 0 fully saturated rings. The van der Waals surface area contributed by atoms with Gasteiger partial charge in [-0.05, 0) is 52.7 Å². The first-order valence-electron chi connectivity index (χ1n) is 5.37. The Morgan fingerprint density at radius 1 is 1.42 bits per heavy atom. The number of nitrogens with zero attached hydrogens (tertiary/aromatic N) is 1. The van der Waals surface area contributed by atoms with E-state index in [9.17, 15) is 9.18 Å². The number of carbonyl (C=O) groups is 1. The zero-order chi connectivity index (χ0) is 14.0. The van der Waals surface area contributed by atoms with Gasteiger partial charge in [0.2, 0.25) is 5.88 Å². The third kappa shape index (κ3) is 2.90. The summed E-state index contributed by atoms with van der Waals surface area (Å²) in [5.41, 5.74) is 6.17. The van der Waals surface area contributed by atoms with Gasteiger partial charge in [0.25, 0.3) is 5.91 Å². The molecular formula is C13H10BrFN2O2. The van der Waals surface area contributed by atoms with Crippen LogP contribution in [0.25, 0.3) is 0 Å². The molecule has 0 saturated heterocycles. The van der Waals surface area contributed by atoms with Gasteiger partial charge in [-0.2, -0.15) is 0 Å². The molecule has 19 heavy (non-hydrogen) atoms. The predicted octanol–water partition coefficient (Wildman–Crippen LogP) is 3.18. The molecule has 0 bridgehead atoms. The Balaban J connectivity index is 2.44. The van der Waals surface area contributed by atoms with E-state index in [2.05, 4.69) is 20.9 Å². The van der Waals surface area contributed by atoms with Crippen LogP contribution in [0, 0.1) is 12.7 Å². The maximum Gasteiger partial charge on any atom is 0.254 e. The smallest absolute Gasteiger partial charge is 0.254 e. The largest absolute Gasteiger partial charge is 0.437 e. The summed E-state index contributed by atoms with van der Waals surface area (Å²) in [5.74, 6) is -0.577. The Morgan fingerprint density at radius 2 is 2.16 bits per heavy atom. The van der Waals surface area contributed by atoms with Crippen molar-refractivity contribution in [3.63, 3.8) is 0 Å². The molecule has 0 aliphatic heterocycles. The van der Waals surface area contributed by atoms with Crippen LogP contribution in [0.4, 0.5) is 4.39 Å². The number of ether oxygens (including phenoxy) is 1. The van der Waals surface area contributed by atoms with E-state index in [0.717, 1.165) is 0 Å². The fraction of sp³-hybridized carbons (Fsp3) is 0.0769. The van der Waals surface area contributed by atoms with Gasteiger partial charge in [0, 0.05) is 6.20 Å². The number of benzene rings is 1. The fourth-order valence-corrected chi connectivity index (χ4v) is 2.00. The molecule has 0 unspecified atom stereocenters. The number of aryl methyl sites for hydroxylation is 1. The Labute approximate surface area is 117 Å². The highest BCUT2D eigenvalue weighted by atomic mass is 79.9. The van der Waals surface area contributed by atoms with Gasteiger partial charge >= 0.3 is 0 Å². The summed E-state index contributed by atoms with van der Waals surface area (Å²) >= 11 is 3.18. The Bertz CT molecular complexity index is 647. The van der Waals surface area contributed by atoms with E-state index in [1.165, 1.54) is 24.4 Å². The van der Waals surface area contributed by atoms with Gasteiger partial charge in [-0.25, -0.2) is 9.37 Å². The zero-order valence-electron chi connectivity index (χ0n) is 9.98. The van der Waals surface area contributed by atoms with Crippen LogP contribution >= 0.6 is 15.9 Å². The number of halogens is 2. The van der Waals surface area contributed by atoms with E-state index in [4.69, 9.17) is 10.5 Å². The second-order valence-corrected chi connectivity index (χ2v) is 4.70. The van der Waals surface area contributed by atoms with Crippen molar-refractivity contribution in [3.8, 4) is 11.6 Å². The number of carbonyl (C=O) groups excluding carboxylic acids is 1. The molecule has 2 rings (SSSR count). The molecule has 2 N–H and O–H groups in total. The highest BCUT2D eigenvalue weighted by Crippen LogP contribution is 2.31. The van der Waals surface area contributed by atoms with Crippen molar-refractivity contribution in [2.24, 2.45) is 5.73 Å². The topological polar surface area (TPSA) is 65.2 Å². The molecule has 6 heteroatoms. The van der Waals surface area contributed by atoms with Gasteiger partial charge in [0.05, 0.1) is 4.47 Å². The summed E-state index contributed by atoms with van der Waals surface area (Å²) in [5, 5.41) is 0. The molecule has 98 valence electrons. The lowest BCUT2D eigenvalue weighted by atomic mass is 10.1. The highest BCUT2D eigenvalue weighted by Gasteiger charge is 2.15. The molecule has 0 atom stereocenters. The summed E-state index contributed by atoms with van der Waals surface area (Å²) in [6, 6.07) is 5.61. The van der Waals surface area contributed by atoms with Gasteiger partial charge < -0.3 is 10.5 Å². The normalized spacial score (nSPS) is 10.3. The minimum atomic E-state index is -0.626. The summed E-state index contributed by atoms with van der Waals surface area (Å²) in [4.78, 5) is 15.4. The fourth-order valence-electron chi connectivity index (χ4n) is 1.57. The molecule has 0 aliphatic rings. The van der Waals surface area contributed by atoms with Crippen molar-refractivity contribution in [3.05, 3.63) is 51.9 Å². The lowest BCUT2D eigenvalue weighted by Crippen LogP contribution is -2.14. The summed E-state index contributed by atoms with van der Waals surface area (Å²) < 4.78 is 18.9. The van der Waals surface area contributed by atoms with Gasteiger partial charge in [0.1, 0.15) is 17.1 Å². The van der Waals surface area contributed by atoms with Gasteiger partial charge in [0.15, 0.2) is 0 Å². The molecule has 4 nitrogen and oxygen atoms in total. The number of nitrogens with two attached hydrogens (primary N) is 1. The standard InChI is InChI=1S/C13H10BrFN2O2/c1-7-4-5-17-13(11(7)12(16)18)19-10-3-2-8(15)6-9(10)14/h2-6H,1H3,(H2,16,18). The number of amides is 1. The van der Waals surface area contributed by atoms with Crippen LogP contribution in [0.2, 0.25) is 0 Å². The highest BCUT2D eigenvalue weighted by molar-refractivity contribution is 9.10. The first kappa shape index (κ1) is 13.5. The summed E-state index contributed by atoms with van der Waals surface area (Å²) in [6.07, 6.45) is 1.51. The molecule has 1 heterocycles. The van der Waals surface area contributed by atoms with Crippen LogP contribution in [-0.2, 0) is 0 Å². The van der Waals surface area contributed by atoms with Crippen LogP contribution in [-0.4, -0.2) is 10.9 Å². The number of pyridine rings is 1. The van der Waals surface area contributed by atoms with Crippen molar-refractivity contribution < 1.29 is 13.9 Å². The number of hydrogen-bond acceptors (Lipinski definition) is 3. The molecule has 0 aliphatic carbocycles. The molecule has 0 spiro atoms. The van der Waals surface area contributed by atoms with Crippen molar-refractivity contribution in [2.75, 3.05) is 0 Å². The molecule has 1 amide bonds. The quantitative estimate of drug-likeness (QED) is 0.942. The summed E-state index contributed by atoms with van der Waals surface area (Å²) in [6.45, 7) is 1.73. The van der Waals surface area contributed by atoms with E-state index in [-0.39, 0.29) is 11.4 Å². The molecule has 2 aromatic rings. The van der Waals surface area contributed by atoms with Crippen LogP contribution in [0.15, 0.2) is 34.9 Å². The maximum atomic E-state index is 13.0. The first-order chi connectivity index (χ1) is 8.99. The van der Waals surface area contributed by atoms with E-state index in [1.54, 1.807) is 13.0 Å². The minimum absolute atomic E-state index is 0.0970. The predicted molar refractivity (Wildman–Crippen MR) is 71.7 cm³/mol. The number of rotatable bonds is 3. The SMILES string of the molecule is Cc1ccnc(Oc2ccc(F)cc2Br)c1C(N)=O. The van der Waals surface area contributed by atoms with E-state index in [0.29, 0.717) is 15.8 Å². The molecular weight excluding hydrogens is 315 g/mol. The van der Waals surface area contributed by atoms with Crippen LogP contribution in [0.5, 0.6) is 11.6 Å².